The van der Waals surface area contributed by atoms with Gasteiger partial charge in [-0.1, -0.05) is 31.0 Å². The van der Waals surface area contributed by atoms with Crippen LogP contribution in [0.1, 0.15) is 50.5 Å². The summed E-state index contributed by atoms with van der Waals surface area (Å²) < 4.78 is 29.7. The third kappa shape index (κ3) is 4.80. The molecule has 108 valence electrons. The molecule has 0 unspecified atom stereocenters. The Kier molecular flexibility index (Phi) is 5.28. The highest BCUT2D eigenvalue weighted by Crippen LogP contribution is 2.28. The van der Waals surface area contributed by atoms with E-state index in [0.717, 1.165) is 5.76 Å². The van der Waals surface area contributed by atoms with Gasteiger partial charge >= 0.3 is 0 Å². The van der Waals surface area contributed by atoms with Crippen molar-refractivity contribution >= 4 is 11.8 Å². The van der Waals surface area contributed by atoms with E-state index >= 15 is 0 Å². The summed E-state index contributed by atoms with van der Waals surface area (Å²) in [7, 11) is 0. The van der Waals surface area contributed by atoms with E-state index in [2.05, 4.69) is 12.2 Å². The van der Waals surface area contributed by atoms with E-state index < -0.39 is 5.76 Å². The number of halogens is 2. The van der Waals surface area contributed by atoms with Gasteiger partial charge in [0.25, 0.3) is 5.76 Å². The topological polar surface area (TPSA) is 25.2 Å². The number of rotatable bonds is 6. The van der Waals surface area contributed by atoms with Crippen molar-refractivity contribution in [3.8, 4) is 0 Å². The lowest BCUT2D eigenvalue weighted by Crippen LogP contribution is -2.43. The molecule has 0 saturated heterocycles. The highest BCUT2D eigenvalue weighted by molar-refractivity contribution is 7.98. The Labute approximate surface area is 117 Å². The average molecular weight is 289 g/mol. The van der Waals surface area contributed by atoms with Gasteiger partial charge in [0.15, 0.2) is 0 Å². The lowest BCUT2D eigenvalue weighted by molar-refractivity contribution is 0.244. The fraction of sp³-hybridized carbons (Fsp3) is 0.714. The zero-order valence-corrected chi connectivity index (χ0v) is 12.1. The van der Waals surface area contributed by atoms with E-state index in [-0.39, 0.29) is 11.3 Å². The molecular weight excluding hydrogens is 268 g/mol. The summed E-state index contributed by atoms with van der Waals surface area (Å²) >= 11 is 0.596. The van der Waals surface area contributed by atoms with Crippen LogP contribution in [0, 0.1) is 0 Å². The first-order chi connectivity index (χ1) is 9.07. The number of nitrogens with one attached hydrogen (secondary N) is 1. The highest BCUT2D eigenvalue weighted by atomic mass is 32.2. The number of furan rings is 1. The van der Waals surface area contributed by atoms with Crippen LogP contribution in [0.15, 0.2) is 16.5 Å². The number of thioether (sulfide) groups is 1. The molecular formula is C14H21F2NOS. The van der Waals surface area contributed by atoms with Crippen LogP contribution in [0.2, 0.25) is 0 Å². The summed E-state index contributed by atoms with van der Waals surface area (Å²) in [5.74, 6) is -0.657. The summed E-state index contributed by atoms with van der Waals surface area (Å²) in [6.45, 7) is 2.93. The molecule has 1 aromatic heterocycles. The minimum Gasteiger partial charge on any atom is -0.464 e. The maximum atomic E-state index is 12.1. The first-order valence-corrected chi connectivity index (χ1v) is 7.85. The molecule has 1 saturated carbocycles. The maximum absolute atomic E-state index is 12.1. The zero-order valence-electron chi connectivity index (χ0n) is 11.3. The molecule has 0 aliphatic heterocycles. The monoisotopic (exact) mass is 289 g/mol. The van der Waals surface area contributed by atoms with E-state index in [0.29, 0.717) is 24.1 Å². The van der Waals surface area contributed by atoms with Gasteiger partial charge in [0, 0.05) is 5.54 Å². The lowest BCUT2D eigenvalue weighted by atomic mass is 9.83. The smallest absolute Gasteiger partial charge is 0.284 e. The largest absolute Gasteiger partial charge is 0.464 e. The molecule has 0 bridgehead atoms. The average Bonchev–Trinajstić information content (AvgIpc) is 2.83. The first kappa shape index (κ1) is 14.9. The minimum atomic E-state index is -2.34. The molecule has 0 radical (unpaired) electrons. The second-order valence-corrected chi connectivity index (χ2v) is 6.39. The standard InChI is InChI=1S/C14H21F2NOS/c1-14(7-3-2-4-8-14)17-9-11-5-6-12(18-11)10-19-13(15)16/h5-6,13,17H,2-4,7-10H2,1H3. The van der Waals surface area contributed by atoms with E-state index in [9.17, 15) is 8.78 Å². The Morgan fingerprint density at radius 1 is 1.26 bits per heavy atom. The Balaban J connectivity index is 1.79. The normalized spacial score (nSPS) is 18.9. The number of hydrogen-bond acceptors (Lipinski definition) is 3. The predicted molar refractivity (Wildman–Crippen MR) is 74.3 cm³/mol. The van der Waals surface area contributed by atoms with Crippen LogP contribution in [0.5, 0.6) is 0 Å². The van der Waals surface area contributed by atoms with Crippen LogP contribution in [-0.2, 0) is 12.3 Å². The molecule has 0 amide bonds. The van der Waals surface area contributed by atoms with Gasteiger partial charge in [-0.2, -0.15) is 8.78 Å². The van der Waals surface area contributed by atoms with Crippen molar-refractivity contribution < 1.29 is 13.2 Å². The van der Waals surface area contributed by atoms with E-state index in [1.807, 2.05) is 6.07 Å². The van der Waals surface area contributed by atoms with Crippen molar-refractivity contribution in [2.45, 2.75) is 62.6 Å². The van der Waals surface area contributed by atoms with Crippen LogP contribution in [0.25, 0.3) is 0 Å². The fourth-order valence-corrected chi connectivity index (χ4v) is 2.99. The maximum Gasteiger partial charge on any atom is 0.284 e. The molecule has 1 aliphatic carbocycles. The van der Waals surface area contributed by atoms with Gasteiger partial charge in [-0.25, -0.2) is 0 Å². The molecule has 1 aliphatic rings. The Morgan fingerprint density at radius 3 is 2.63 bits per heavy atom. The van der Waals surface area contributed by atoms with Gasteiger partial charge < -0.3 is 9.73 Å². The lowest BCUT2D eigenvalue weighted by Gasteiger charge is -2.34. The van der Waals surface area contributed by atoms with Crippen LogP contribution in [0.3, 0.4) is 0 Å². The highest BCUT2D eigenvalue weighted by Gasteiger charge is 2.26. The molecule has 0 spiro atoms. The van der Waals surface area contributed by atoms with Crippen molar-refractivity contribution in [3.63, 3.8) is 0 Å². The fourth-order valence-electron chi connectivity index (χ4n) is 2.55. The van der Waals surface area contributed by atoms with E-state index in [1.54, 1.807) is 6.07 Å². The molecule has 5 heteroatoms. The molecule has 2 nitrogen and oxygen atoms in total. The van der Waals surface area contributed by atoms with Gasteiger partial charge in [0.1, 0.15) is 11.5 Å². The van der Waals surface area contributed by atoms with Gasteiger partial charge in [0.05, 0.1) is 12.3 Å². The summed E-state index contributed by atoms with van der Waals surface area (Å²) in [5.41, 5.74) is 0.197. The minimum absolute atomic E-state index is 0.197. The third-order valence-electron chi connectivity index (χ3n) is 3.72. The second-order valence-electron chi connectivity index (χ2n) is 5.41. The number of hydrogen-bond donors (Lipinski definition) is 1. The molecule has 1 fully saturated rings. The molecule has 1 aromatic rings. The van der Waals surface area contributed by atoms with Crippen LogP contribution < -0.4 is 5.32 Å². The number of alkyl halides is 2. The SMILES string of the molecule is CC1(NCc2ccc(CSC(F)F)o2)CCCCC1. The van der Waals surface area contributed by atoms with Crippen LogP contribution in [0.4, 0.5) is 8.78 Å². The van der Waals surface area contributed by atoms with Crippen LogP contribution in [-0.4, -0.2) is 11.3 Å². The van der Waals surface area contributed by atoms with Gasteiger partial charge in [-0.15, -0.1) is 0 Å². The third-order valence-corrected chi connectivity index (χ3v) is 4.42. The molecule has 0 aromatic carbocycles. The van der Waals surface area contributed by atoms with Crippen molar-refractivity contribution in [2.24, 2.45) is 0 Å². The van der Waals surface area contributed by atoms with E-state index in [1.165, 1.54) is 32.1 Å². The van der Waals surface area contributed by atoms with Gasteiger partial charge in [0.2, 0.25) is 0 Å². The van der Waals surface area contributed by atoms with Crippen molar-refractivity contribution in [2.75, 3.05) is 0 Å². The zero-order chi connectivity index (χ0) is 13.7. The summed E-state index contributed by atoms with van der Waals surface area (Å²) in [4.78, 5) is 0. The Morgan fingerprint density at radius 2 is 1.95 bits per heavy atom. The van der Waals surface area contributed by atoms with E-state index in [4.69, 9.17) is 4.42 Å². The Hall–Kier alpha value is -0.550. The van der Waals surface area contributed by atoms with Crippen LogP contribution >= 0.6 is 11.8 Å². The van der Waals surface area contributed by atoms with Crippen molar-refractivity contribution in [1.82, 2.24) is 5.32 Å². The first-order valence-electron chi connectivity index (χ1n) is 6.80. The molecule has 2 rings (SSSR count). The summed E-state index contributed by atoms with van der Waals surface area (Å²) in [6.07, 6.45) is 6.27. The summed E-state index contributed by atoms with van der Waals surface area (Å²) in [5, 5.41) is 3.54. The molecule has 19 heavy (non-hydrogen) atoms. The molecule has 1 N–H and O–H groups in total. The Bertz CT molecular complexity index is 389. The van der Waals surface area contributed by atoms with Gasteiger partial charge in [-0.3, -0.25) is 0 Å². The molecule has 1 heterocycles. The molecule has 0 atom stereocenters. The summed E-state index contributed by atoms with van der Waals surface area (Å²) in [6, 6.07) is 3.66. The van der Waals surface area contributed by atoms with Crippen molar-refractivity contribution in [1.29, 1.82) is 0 Å². The van der Waals surface area contributed by atoms with Gasteiger partial charge in [-0.05, 0) is 31.9 Å². The quantitative estimate of drug-likeness (QED) is 0.832. The van der Waals surface area contributed by atoms with Crippen molar-refractivity contribution in [3.05, 3.63) is 23.7 Å². The predicted octanol–water partition coefficient (Wildman–Crippen LogP) is 4.55. The second kappa shape index (κ2) is 6.75.